The average molecular weight is 158 g/mol. The van der Waals surface area contributed by atoms with E-state index >= 15 is 0 Å². The highest BCUT2D eigenvalue weighted by molar-refractivity contribution is 5.68. The summed E-state index contributed by atoms with van der Waals surface area (Å²) in [5.41, 5.74) is 0. The number of carbonyl (C=O) groups is 1. The number of piperidine rings is 1. The van der Waals surface area contributed by atoms with Crippen LogP contribution in [0.25, 0.3) is 0 Å². The first-order valence-electron chi connectivity index (χ1n) is 3.75. The maximum atomic E-state index is 10.1. The molecule has 0 unspecified atom stereocenters. The molecule has 4 nitrogen and oxygen atoms in total. The molecule has 1 rings (SSSR count). The van der Waals surface area contributed by atoms with Crippen LogP contribution in [0.3, 0.4) is 0 Å². The van der Waals surface area contributed by atoms with Crippen molar-refractivity contribution < 1.29 is 14.6 Å². The Kier molecular flexibility index (Phi) is 3.32. The van der Waals surface area contributed by atoms with Gasteiger partial charge in [-0.2, -0.15) is 0 Å². The molecule has 11 heavy (non-hydrogen) atoms. The van der Waals surface area contributed by atoms with Crippen LogP contribution >= 0.6 is 0 Å². The molecule has 0 amide bonds. The minimum atomic E-state index is -0.896. The summed E-state index contributed by atoms with van der Waals surface area (Å²) in [5.74, 6) is -0.896. The smallest absolute Gasteiger partial charge is 0.329 e. The van der Waals surface area contributed by atoms with E-state index < -0.39 is 5.97 Å². The van der Waals surface area contributed by atoms with E-state index in [0.717, 1.165) is 25.9 Å². The van der Waals surface area contributed by atoms with Crippen LogP contribution in [0.4, 0.5) is 0 Å². The fraction of sp³-hybridized carbons (Fsp3) is 0.857. The summed E-state index contributed by atoms with van der Waals surface area (Å²) in [6.07, 6.45) is 1.85. The molecule has 4 heteroatoms. The molecular formula is C7H12NO3. The molecule has 1 N–H and O–H groups in total. The van der Waals surface area contributed by atoms with Crippen LogP contribution in [0.5, 0.6) is 0 Å². The fourth-order valence-corrected chi connectivity index (χ4v) is 1.08. The number of ether oxygens (including phenoxy) is 1. The van der Waals surface area contributed by atoms with Crippen LogP contribution in [0.15, 0.2) is 0 Å². The number of aliphatic carboxylic acids is 1. The first-order chi connectivity index (χ1) is 5.29. The van der Waals surface area contributed by atoms with E-state index in [2.05, 4.69) is 5.32 Å². The molecule has 0 atom stereocenters. The summed E-state index contributed by atoms with van der Waals surface area (Å²) in [4.78, 5) is 10.1. The van der Waals surface area contributed by atoms with E-state index in [0.29, 0.717) is 0 Å². The number of nitrogens with zero attached hydrogens (tertiary/aromatic N) is 1. The average Bonchev–Trinajstić information content (AvgIpc) is 2.03. The maximum Gasteiger partial charge on any atom is 0.329 e. The Bertz CT molecular complexity index is 132. The minimum Gasteiger partial charge on any atom is -0.480 e. The van der Waals surface area contributed by atoms with Crippen LogP contribution in [0.1, 0.15) is 12.8 Å². The van der Waals surface area contributed by atoms with Gasteiger partial charge in [-0.05, 0) is 12.8 Å². The molecule has 0 saturated carbocycles. The summed E-state index contributed by atoms with van der Waals surface area (Å²) in [6.45, 7) is 1.44. The molecule has 1 fully saturated rings. The second kappa shape index (κ2) is 4.31. The molecule has 0 aromatic heterocycles. The molecule has 0 aromatic carbocycles. The third-order valence-electron chi connectivity index (χ3n) is 1.66. The monoisotopic (exact) mass is 158 g/mol. The van der Waals surface area contributed by atoms with Crippen LogP contribution in [-0.2, 0) is 9.53 Å². The highest BCUT2D eigenvalue weighted by atomic mass is 16.5. The third kappa shape index (κ3) is 3.34. The Morgan fingerprint density at radius 2 is 2.18 bits per heavy atom. The zero-order chi connectivity index (χ0) is 8.10. The van der Waals surface area contributed by atoms with Gasteiger partial charge in [0.1, 0.15) is 6.61 Å². The van der Waals surface area contributed by atoms with Crippen molar-refractivity contribution in [3.8, 4) is 0 Å². The van der Waals surface area contributed by atoms with Gasteiger partial charge in [0.2, 0.25) is 0 Å². The molecule has 1 heterocycles. The summed E-state index contributed by atoms with van der Waals surface area (Å²) < 4.78 is 5.08. The molecule has 0 aliphatic carbocycles. The topological polar surface area (TPSA) is 60.6 Å². The molecule has 1 aliphatic heterocycles. The van der Waals surface area contributed by atoms with Crippen molar-refractivity contribution in [2.75, 3.05) is 19.7 Å². The predicted molar refractivity (Wildman–Crippen MR) is 38.5 cm³/mol. The second-order valence-corrected chi connectivity index (χ2v) is 2.57. The van der Waals surface area contributed by atoms with Gasteiger partial charge in [-0.1, -0.05) is 0 Å². The quantitative estimate of drug-likeness (QED) is 0.621. The van der Waals surface area contributed by atoms with Gasteiger partial charge in [0.15, 0.2) is 0 Å². The molecule has 0 bridgehead atoms. The van der Waals surface area contributed by atoms with Crippen LogP contribution in [-0.4, -0.2) is 36.9 Å². The lowest BCUT2D eigenvalue weighted by Gasteiger charge is -2.20. The highest BCUT2D eigenvalue weighted by Crippen LogP contribution is 2.07. The molecule has 0 aromatic rings. The zero-order valence-electron chi connectivity index (χ0n) is 6.32. The Balaban J connectivity index is 2.09. The predicted octanol–water partition coefficient (Wildman–Crippen LogP) is -0.146. The first kappa shape index (κ1) is 8.49. The van der Waals surface area contributed by atoms with E-state index in [4.69, 9.17) is 9.84 Å². The SMILES string of the molecule is O=C(O)COC1CC[N]CC1. The van der Waals surface area contributed by atoms with Crippen LogP contribution < -0.4 is 5.32 Å². The third-order valence-corrected chi connectivity index (χ3v) is 1.66. The van der Waals surface area contributed by atoms with E-state index in [-0.39, 0.29) is 12.7 Å². The van der Waals surface area contributed by atoms with Crippen molar-refractivity contribution in [1.29, 1.82) is 0 Å². The number of hydrogen-bond donors (Lipinski definition) is 1. The summed E-state index contributed by atoms with van der Waals surface area (Å²) in [5, 5.41) is 12.4. The number of rotatable bonds is 3. The van der Waals surface area contributed by atoms with Crippen molar-refractivity contribution in [3.05, 3.63) is 0 Å². The van der Waals surface area contributed by atoms with E-state index in [9.17, 15) is 4.79 Å². The fourth-order valence-electron chi connectivity index (χ4n) is 1.08. The Hall–Kier alpha value is -0.610. The standard InChI is InChI=1S/C7H12NO3/c9-7(10)5-11-6-1-3-8-4-2-6/h6H,1-5H2,(H,9,10). The Morgan fingerprint density at radius 3 is 2.73 bits per heavy atom. The molecule has 1 saturated heterocycles. The minimum absolute atomic E-state index is 0.114. The maximum absolute atomic E-state index is 10.1. The summed E-state index contributed by atoms with van der Waals surface area (Å²) >= 11 is 0. The lowest BCUT2D eigenvalue weighted by Crippen LogP contribution is -2.29. The van der Waals surface area contributed by atoms with Gasteiger partial charge in [-0.3, -0.25) is 0 Å². The summed E-state index contributed by atoms with van der Waals surface area (Å²) in [7, 11) is 0. The second-order valence-electron chi connectivity index (χ2n) is 2.57. The van der Waals surface area contributed by atoms with Crippen molar-refractivity contribution in [3.63, 3.8) is 0 Å². The van der Waals surface area contributed by atoms with Crippen molar-refractivity contribution in [2.45, 2.75) is 18.9 Å². The van der Waals surface area contributed by atoms with E-state index in [1.165, 1.54) is 0 Å². The van der Waals surface area contributed by atoms with Crippen molar-refractivity contribution >= 4 is 5.97 Å². The van der Waals surface area contributed by atoms with Crippen molar-refractivity contribution in [2.24, 2.45) is 0 Å². The Labute approximate surface area is 65.5 Å². The van der Waals surface area contributed by atoms with E-state index in [1.54, 1.807) is 0 Å². The van der Waals surface area contributed by atoms with Crippen molar-refractivity contribution in [1.82, 2.24) is 5.32 Å². The molecule has 1 radical (unpaired) electrons. The van der Waals surface area contributed by atoms with Gasteiger partial charge in [-0.25, -0.2) is 10.1 Å². The van der Waals surface area contributed by atoms with Gasteiger partial charge in [0.05, 0.1) is 6.10 Å². The van der Waals surface area contributed by atoms with Crippen LogP contribution in [0.2, 0.25) is 0 Å². The van der Waals surface area contributed by atoms with Gasteiger partial charge < -0.3 is 9.84 Å². The van der Waals surface area contributed by atoms with E-state index in [1.807, 2.05) is 0 Å². The normalized spacial score (nSPS) is 20.0. The van der Waals surface area contributed by atoms with Gasteiger partial charge in [0.25, 0.3) is 0 Å². The Morgan fingerprint density at radius 1 is 1.55 bits per heavy atom. The number of carboxylic acid groups (broad SMARTS) is 1. The number of hydrogen-bond acceptors (Lipinski definition) is 2. The lowest BCUT2D eigenvalue weighted by atomic mass is 10.1. The van der Waals surface area contributed by atoms with Crippen LogP contribution in [0, 0.1) is 0 Å². The molecular weight excluding hydrogens is 146 g/mol. The molecule has 63 valence electrons. The van der Waals surface area contributed by atoms with Gasteiger partial charge >= 0.3 is 5.97 Å². The van der Waals surface area contributed by atoms with Gasteiger partial charge in [0, 0.05) is 13.1 Å². The first-order valence-corrected chi connectivity index (χ1v) is 3.75. The number of carboxylic acids is 1. The lowest BCUT2D eigenvalue weighted by molar-refractivity contribution is -0.144. The highest BCUT2D eigenvalue weighted by Gasteiger charge is 2.14. The summed E-state index contributed by atoms with van der Waals surface area (Å²) in [6, 6.07) is 0. The molecule has 1 aliphatic rings. The zero-order valence-corrected chi connectivity index (χ0v) is 6.32. The molecule has 0 spiro atoms. The van der Waals surface area contributed by atoms with Gasteiger partial charge in [-0.15, -0.1) is 0 Å². The largest absolute Gasteiger partial charge is 0.480 e.